The summed E-state index contributed by atoms with van der Waals surface area (Å²) in [6.07, 6.45) is 11.4. The van der Waals surface area contributed by atoms with E-state index in [-0.39, 0.29) is 0 Å². The molecule has 0 aromatic rings. The second-order valence-electron chi connectivity index (χ2n) is 5.16. The molecule has 1 saturated carbocycles. The number of rotatable bonds is 6. The van der Waals surface area contributed by atoms with Gasteiger partial charge in [0.25, 0.3) is 0 Å². The molecule has 0 aliphatic heterocycles. The number of hydrogen-bond acceptors (Lipinski definition) is 0. The lowest BCUT2D eigenvalue weighted by Crippen LogP contribution is -2.16. The van der Waals surface area contributed by atoms with Crippen molar-refractivity contribution >= 4 is 0 Å². The molecular formula is C14H27. The molecule has 14 heavy (non-hydrogen) atoms. The highest BCUT2D eigenvalue weighted by Crippen LogP contribution is 2.36. The van der Waals surface area contributed by atoms with Gasteiger partial charge in [0, 0.05) is 0 Å². The molecule has 83 valence electrons. The third-order valence-electron chi connectivity index (χ3n) is 4.07. The molecule has 0 heterocycles. The zero-order chi connectivity index (χ0) is 10.4. The summed E-state index contributed by atoms with van der Waals surface area (Å²) < 4.78 is 0. The van der Waals surface area contributed by atoms with E-state index in [0.717, 1.165) is 11.8 Å². The minimum atomic E-state index is 0.713. The summed E-state index contributed by atoms with van der Waals surface area (Å²) in [5.41, 5.74) is 0. The van der Waals surface area contributed by atoms with Crippen molar-refractivity contribution in [3.63, 3.8) is 0 Å². The smallest absolute Gasteiger partial charge is 0.0386 e. The molecule has 1 rings (SSSR count). The summed E-state index contributed by atoms with van der Waals surface area (Å²) in [7, 11) is 0. The topological polar surface area (TPSA) is 0 Å². The molecule has 0 N–H and O–H groups in total. The average Bonchev–Trinajstić information content (AvgIpc) is 2.69. The van der Waals surface area contributed by atoms with Gasteiger partial charge in [-0.2, -0.15) is 0 Å². The van der Waals surface area contributed by atoms with Crippen LogP contribution in [0.2, 0.25) is 0 Å². The summed E-state index contributed by atoms with van der Waals surface area (Å²) in [5.74, 6) is 2.58. The molecule has 1 fully saturated rings. The largest absolute Gasteiger partial charge is 0.0654 e. The van der Waals surface area contributed by atoms with E-state index in [2.05, 4.69) is 20.8 Å². The van der Waals surface area contributed by atoms with E-state index < -0.39 is 0 Å². The maximum Gasteiger partial charge on any atom is -0.0386 e. The van der Waals surface area contributed by atoms with E-state index in [1.54, 1.807) is 0 Å². The zero-order valence-electron chi connectivity index (χ0n) is 10.1. The molecule has 0 amide bonds. The molecule has 0 aromatic heterocycles. The predicted octanol–water partition coefficient (Wildman–Crippen LogP) is 4.84. The van der Waals surface area contributed by atoms with Crippen molar-refractivity contribution in [1.29, 1.82) is 0 Å². The van der Waals surface area contributed by atoms with Crippen molar-refractivity contribution in [2.24, 2.45) is 17.8 Å². The Morgan fingerprint density at radius 3 is 2.43 bits per heavy atom. The molecule has 1 aliphatic rings. The van der Waals surface area contributed by atoms with Crippen LogP contribution in [-0.4, -0.2) is 0 Å². The van der Waals surface area contributed by atoms with Crippen molar-refractivity contribution in [2.75, 3.05) is 0 Å². The molecule has 2 unspecified atom stereocenters. The molecule has 0 aromatic carbocycles. The molecular weight excluding hydrogens is 168 g/mol. The number of hydrogen-bond donors (Lipinski definition) is 0. The van der Waals surface area contributed by atoms with Crippen molar-refractivity contribution in [1.82, 2.24) is 0 Å². The normalized spacial score (nSPS) is 22.5. The summed E-state index contributed by atoms with van der Waals surface area (Å²) in [4.78, 5) is 0. The van der Waals surface area contributed by atoms with Gasteiger partial charge in [-0.1, -0.05) is 65.2 Å². The minimum Gasteiger partial charge on any atom is -0.0654 e. The summed E-state index contributed by atoms with van der Waals surface area (Å²) >= 11 is 0. The van der Waals surface area contributed by atoms with E-state index in [1.807, 2.05) is 0 Å². The van der Waals surface area contributed by atoms with Crippen LogP contribution < -0.4 is 0 Å². The van der Waals surface area contributed by atoms with E-state index in [0.29, 0.717) is 5.92 Å². The molecule has 0 saturated heterocycles. The van der Waals surface area contributed by atoms with E-state index in [9.17, 15) is 0 Å². The monoisotopic (exact) mass is 195 g/mol. The first-order chi connectivity index (χ1) is 6.75. The standard InChI is InChI=1S/C14H27/c1-4-5-6-9-12(2)13(3)14-10-7-8-11-14/h12-14H,2,4-11H2,1,3H3. The first kappa shape index (κ1) is 12.1. The number of unbranched alkanes of at least 4 members (excludes halogenated alkanes) is 2. The lowest BCUT2D eigenvalue weighted by molar-refractivity contribution is 0.271. The lowest BCUT2D eigenvalue weighted by Gasteiger charge is -2.25. The molecule has 2 atom stereocenters. The maximum absolute atomic E-state index is 4.35. The van der Waals surface area contributed by atoms with Gasteiger partial charge in [0.15, 0.2) is 0 Å². The average molecular weight is 195 g/mol. The van der Waals surface area contributed by atoms with Gasteiger partial charge in [-0.05, 0) is 24.7 Å². The maximum atomic E-state index is 4.35. The first-order valence-electron chi connectivity index (χ1n) is 6.58. The second-order valence-corrected chi connectivity index (χ2v) is 5.16. The molecule has 0 nitrogen and oxygen atoms in total. The molecule has 1 aliphatic carbocycles. The van der Waals surface area contributed by atoms with Crippen LogP contribution in [0.25, 0.3) is 0 Å². The van der Waals surface area contributed by atoms with Crippen LogP contribution >= 0.6 is 0 Å². The summed E-state index contributed by atoms with van der Waals surface area (Å²) in [6.45, 7) is 9.06. The van der Waals surface area contributed by atoms with Crippen molar-refractivity contribution in [3.8, 4) is 0 Å². The lowest BCUT2D eigenvalue weighted by atomic mass is 9.80. The first-order valence-corrected chi connectivity index (χ1v) is 6.58. The quantitative estimate of drug-likeness (QED) is 0.532. The van der Waals surface area contributed by atoms with Gasteiger partial charge in [0.1, 0.15) is 0 Å². The third kappa shape index (κ3) is 3.63. The van der Waals surface area contributed by atoms with E-state index >= 15 is 0 Å². The fraction of sp³-hybridized carbons (Fsp3) is 0.929. The van der Waals surface area contributed by atoms with Gasteiger partial charge in [-0.3, -0.25) is 0 Å². The van der Waals surface area contributed by atoms with Crippen LogP contribution in [0.3, 0.4) is 0 Å². The van der Waals surface area contributed by atoms with Crippen molar-refractivity contribution < 1.29 is 0 Å². The molecule has 0 spiro atoms. The predicted molar refractivity (Wildman–Crippen MR) is 64.1 cm³/mol. The van der Waals surface area contributed by atoms with Gasteiger partial charge < -0.3 is 0 Å². The Labute approximate surface area is 90.5 Å². The highest BCUT2D eigenvalue weighted by Gasteiger charge is 2.25. The van der Waals surface area contributed by atoms with E-state index in [1.165, 1.54) is 51.4 Å². The summed E-state index contributed by atoms with van der Waals surface area (Å²) in [5, 5.41) is 0. The van der Waals surface area contributed by atoms with Crippen LogP contribution in [0.15, 0.2) is 0 Å². The van der Waals surface area contributed by atoms with Gasteiger partial charge >= 0.3 is 0 Å². The molecule has 1 radical (unpaired) electrons. The Kier molecular flexibility index (Phi) is 5.59. The molecule has 0 bridgehead atoms. The Morgan fingerprint density at radius 2 is 1.86 bits per heavy atom. The van der Waals surface area contributed by atoms with Crippen molar-refractivity contribution in [2.45, 2.75) is 65.2 Å². The van der Waals surface area contributed by atoms with E-state index in [4.69, 9.17) is 0 Å². The Balaban J connectivity index is 2.17. The Bertz CT molecular complexity index is 133. The fourth-order valence-electron chi connectivity index (χ4n) is 2.79. The van der Waals surface area contributed by atoms with Crippen LogP contribution in [0.5, 0.6) is 0 Å². The van der Waals surface area contributed by atoms with Crippen LogP contribution in [0.1, 0.15) is 65.2 Å². The Hall–Kier alpha value is 0. The van der Waals surface area contributed by atoms with Crippen LogP contribution in [0, 0.1) is 24.7 Å². The third-order valence-corrected chi connectivity index (χ3v) is 4.07. The van der Waals surface area contributed by atoms with Crippen LogP contribution in [-0.2, 0) is 0 Å². The van der Waals surface area contributed by atoms with Gasteiger partial charge in [-0.15, -0.1) is 0 Å². The summed E-state index contributed by atoms with van der Waals surface area (Å²) in [6, 6.07) is 0. The highest BCUT2D eigenvalue weighted by atomic mass is 14.3. The minimum absolute atomic E-state index is 0.713. The molecule has 0 heteroatoms. The zero-order valence-corrected chi connectivity index (χ0v) is 10.1. The van der Waals surface area contributed by atoms with Gasteiger partial charge in [-0.25, -0.2) is 0 Å². The van der Waals surface area contributed by atoms with Crippen LogP contribution in [0.4, 0.5) is 0 Å². The Morgan fingerprint density at radius 1 is 1.21 bits per heavy atom. The van der Waals surface area contributed by atoms with Crippen molar-refractivity contribution in [3.05, 3.63) is 6.92 Å². The SMILES string of the molecule is [CH2]C(CCCCC)C(C)C1CCCC1. The highest BCUT2D eigenvalue weighted by molar-refractivity contribution is 4.79. The fourth-order valence-corrected chi connectivity index (χ4v) is 2.79. The van der Waals surface area contributed by atoms with Gasteiger partial charge in [0.2, 0.25) is 0 Å². The van der Waals surface area contributed by atoms with Gasteiger partial charge in [0.05, 0.1) is 0 Å². The second kappa shape index (κ2) is 6.48.